The van der Waals surface area contributed by atoms with Crippen molar-refractivity contribution in [2.75, 3.05) is 0 Å². The van der Waals surface area contributed by atoms with Crippen molar-refractivity contribution in [3.63, 3.8) is 0 Å². The molecule has 2 heterocycles. The lowest BCUT2D eigenvalue weighted by Gasteiger charge is -2.14. The summed E-state index contributed by atoms with van der Waals surface area (Å²) in [5.74, 6) is 0.404. The Labute approximate surface area is 188 Å². The van der Waals surface area contributed by atoms with Gasteiger partial charge in [-0.1, -0.05) is 41.1 Å². The first-order valence-electron chi connectivity index (χ1n) is 11.0. The van der Waals surface area contributed by atoms with Crippen LogP contribution in [-0.4, -0.2) is 22.5 Å². The number of nitrogens with two attached hydrogens (primary N) is 1. The molecule has 0 spiro atoms. The fourth-order valence-corrected chi connectivity index (χ4v) is 4.06. The molecule has 2 aliphatic rings. The second kappa shape index (κ2) is 9.73. The third-order valence-corrected chi connectivity index (χ3v) is 5.75. The van der Waals surface area contributed by atoms with Gasteiger partial charge in [0.15, 0.2) is 0 Å². The van der Waals surface area contributed by atoms with Crippen LogP contribution in [-0.2, 0) is 17.8 Å². The Balaban J connectivity index is 1.59. The second-order valence-electron chi connectivity index (χ2n) is 8.26. The number of amides is 1. The van der Waals surface area contributed by atoms with Crippen molar-refractivity contribution in [3.8, 4) is 0 Å². The van der Waals surface area contributed by atoms with Crippen molar-refractivity contribution in [3.05, 3.63) is 82.3 Å². The summed E-state index contributed by atoms with van der Waals surface area (Å²) in [7, 11) is 0. The number of carbonyl (C=O) groups is 1. The Kier molecular flexibility index (Phi) is 6.59. The molecule has 0 saturated heterocycles. The van der Waals surface area contributed by atoms with Crippen LogP contribution in [0.4, 0.5) is 5.69 Å². The van der Waals surface area contributed by atoms with Crippen LogP contribution in [0.1, 0.15) is 55.2 Å². The van der Waals surface area contributed by atoms with Gasteiger partial charge in [-0.05, 0) is 63.7 Å². The molecule has 1 aromatic carbocycles. The molecule has 0 unspecified atom stereocenters. The van der Waals surface area contributed by atoms with Crippen LogP contribution >= 0.6 is 0 Å². The molecule has 0 fully saturated rings. The fourth-order valence-electron chi connectivity index (χ4n) is 4.06. The minimum atomic E-state index is -0.388. The first kappa shape index (κ1) is 21.7. The highest BCUT2D eigenvalue weighted by Crippen LogP contribution is 2.31. The second-order valence-corrected chi connectivity index (χ2v) is 8.26. The van der Waals surface area contributed by atoms with Gasteiger partial charge in [0.1, 0.15) is 11.5 Å². The quantitative estimate of drug-likeness (QED) is 0.694. The molecule has 1 aliphatic carbocycles. The summed E-state index contributed by atoms with van der Waals surface area (Å²) in [6.07, 6.45) is 11.9. The van der Waals surface area contributed by atoms with Gasteiger partial charge in [-0.15, -0.1) is 0 Å². The number of rotatable bonds is 6. The van der Waals surface area contributed by atoms with Gasteiger partial charge < -0.3 is 10.3 Å². The summed E-state index contributed by atoms with van der Waals surface area (Å²) in [5, 5.41) is 4.08. The molecule has 1 aliphatic heterocycles. The highest BCUT2D eigenvalue weighted by Gasteiger charge is 2.18. The van der Waals surface area contributed by atoms with E-state index < -0.39 is 0 Å². The Morgan fingerprint density at radius 3 is 2.88 bits per heavy atom. The number of fused-ring (bicyclic) bond motifs is 1. The van der Waals surface area contributed by atoms with Crippen molar-refractivity contribution >= 4 is 23.0 Å². The fraction of sp³-hybridized carbons (Fsp3) is 0.308. The van der Waals surface area contributed by atoms with Gasteiger partial charge >= 0.3 is 0 Å². The number of hydrogen-bond donors (Lipinski definition) is 1. The van der Waals surface area contributed by atoms with Crippen LogP contribution in [0.3, 0.4) is 0 Å². The predicted octanol–water partition coefficient (Wildman–Crippen LogP) is 5.09. The molecule has 164 valence electrons. The van der Waals surface area contributed by atoms with Crippen molar-refractivity contribution in [2.45, 2.75) is 52.5 Å². The minimum Gasteiger partial charge on any atom is -0.366 e. The first-order chi connectivity index (χ1) is 15.5. The van der Waals surface area contributed by atoms with Crippen molar-refractivity contribution in [1.29, 1.82) is 0 Å². The Bertz CT molecular complexity index is 1180. The molecular formula is C26H28N4O2. The molecule has 0 radical (unpaired) electrons. The lowest BCUT2D eigenvalue weighted by atomic mass is 9.93. The third-order valence-electron chi connectivity index (χ3n) is 5.75. The number of allylic oxidation sites excluding steroid dienone is 4. The standard InChI is InChI=1S/C26H28N4O2/c1-17-9-14-23(28-16-22-15-18(2)32-30-22)25-20(6-4-8-24(25)29-17)12-10-19-5-3-7-21(13-11-19)26(27)31/h3-8,13,15H,9-12,14,16H2,1-2H3,(H2,27,31). The number of aromatic nitrogens is 1. The van der Waals surface area contributed by atoms with Crippen LogP contribution in [0.2, 0.25) is 0 Å². The molecule has 0 atom stereocenters. The van der Waals surface area contributed by atoms with E-state index in [-0.39, 0.29) is 5.91 Å². The number of aliphatic imine (C=N–C) groups is 2. The Morgan fingerprint density at radius 1 is 1.22 bits per heavy atom. The lowest BCUT2D eigenvalue weighted by Crippen LogP contribution is -2.12. The van der Waals surface area contributed by atoms with Crippen LogP contribution < -0.4 is 5.73 Å². The molecular weight excluding hydrogens is 400 g/mol. The first-order valence-corrected chi connectivity index (χ1v) is 11.0. The maximum absolute atomic E-state index is 11.5. The van der Waals surface area contributed by atoms with E-state index in [0.29, 0.717) is 12.1 Å². The van der Waals surface area contributed by atoms with Gasteiger partial charge in [-0.25, -0.2) is 0 Å². The van der Waals surface area contributed by atoms with E-state index in [2.05, 4.69) is 36.4 Å². The highest BCUT2D eigenvalue weighted by molar-refractivity contribution is 6.09. The molecule has 32 heavy (non-hydrogen) atoms. The molecule has 6 heteroatoms. The molecule has 4 rings (SSSR count). The normalized spacial score (nSPS) is 17.2. The topological polar surface area (TPSA) is 93.8 Å². The van der Waals surface area contributed by atoms with Crippen molar-refractivity contribution < 1.29 is 9.32 Å². The Hall–Kier alpha value is -3.54. The molecule has 0 saturated carbocycles. The van der Waals surface area contributed by atoms with Gasteiger partial charge in [0.05, 0.1) is 12.2 Å². The van der Waals surface area contributed by atoms with Gasteiger partial charge in [-0.3, -0.25) is 14.8 Å². The maximum Gasteiger partial charge on any atom is 0.248 e. The van der Waals surface area contributed by atoms with E-state index in [0.717, 1.165) is 66.2 Å². The molecule has 1 amide bonds. The van der Waals surface area contributed by atoms with Gasteiger partial charge in [-0.2, -0.15) is 0 Å². The SMILES string of the molecule is CC1=Nc2cccc(CCC3=CC=CC(C(N)=O)=CC3)c2C(=NCc2cc(C)on2)CC1. The number of aryl methyl sites for hydroxylation is 2. The number of carbonyl (C=O) groups excluding carboxylic acids is 1. The highest BCUT2D eigenvalue weighted by atomic mass is 16.5. The van der Waals surface area contributed by atoms with Crippen LogP contribution in [0.25, 0.3) is 0 Å². The predicted molar refractivity (Wildman–Crippen MR) is 127 cm³/mol. The van der Waals surface area contributed by atoms with Gasteiger partial charge in [0, 0.05) is 28.6 Å². The van der Waals surface area contributed by atoms with Gasteiger partial charge in [0.2, 0.25) is 5.91 Å². The number of nitrogens with zero attached hydrogens (tertiary/aromatic N) is 3. The monoisotopic (exact) mass is 428 g/mol. The average molecular weight is 429 g/mol. The Morgan fingerprint density at radius 2 is 2.09 bits per heavy atom. The molecule has 2 N–H and O–H groups in total. The van der Waals surface area contributed by atoms with E-state index in [9.17, 15) is 4.79 Å². The van der Waals surface area contributed by atoms with E-state index in [4.69, 9.17) is 20.2 Å². The zero-order valence-corrected chi connectivity index (χ0v) is 18.6. The molecule has 1 aromatic heterocycles. The zero-order valence-electron chi connectivity index (χ0n) is 18.6. The van der Waals surface area contributed by atoms with Crippen molar-refractivity contribution in [1.82, 2.24) is 5.16 Å². The number of benzene rings is 1. The minimum absolute atomic E-state index is 0.388. The summed E-state index contributed by atoms with van der Waals surface area (Å²) >= 11 is 0. The summed E-state index contributed by atoms with van der Waals surface area (Å²) < 4.78 is 5.19. The van der Waals surface area contributed by atoms with Crippen molar-refractivity contribution in [2.24, 2.45) is 15.7 Å². The molecule has 0 bridgehead atoms. The van der Waals surface area contributed by atoms with Crippen LogP contribution in [0.5, 0.6) is 0 Å². The number of primary amides is 1. The number of hydrogen-bond acceptors (Lipinski definition) is 5. The summed E-state index contributed by atoms with van der Waals surface area (Å²) in [4.78, 5) is 21.3. The summed E-state index contributed by atoms with van der Waals surface area (Å²) in [6, 6.07) is 8.23. The third kappa shape index (κ3) is 5.19. The smallest absolute Gasteiger partial charge is 0.248 e. The lowest BCUT2D eigenvalue weighted by molar-refractivity contribution is -0.114. The summed E-state index contributed by atoms with van der Waals surface area (Å²) in [6.45, 7) is 4.46. The zero-order chi connectivity index (χ0) is 22.5. The van der Waals surface area contributed by atoms with E-state index in [1.54, 1.807) is 6.08 Å². The van der Waals surface area contributed by atoms with E-state index in [1.807, 2.05) is 25.1 Å². The maximum atomic E-state index is 11.5. The van der Waals surface area contributed by atoms with Crippen LogP contribution in [0, 0.1) is 6.92 Å². The summed E-state index contributed by atoms with van der Waals surface area (Å²) in [5.41, 5.74) is 13.6. The van der Waals surface area contributed by atoms with E-state index >= 15 is 0 Å². The van der Waals surface area contributed by atoms with Crippen LogP contribution in [0.15, 0.2) is 74.2 Å². The molecule has 2 aromatic rings. The van der Waals surface area contributed by atoms with Gasteiger partial charge in [0.25, 0.3) is 0 Å². The molecule has 6 nitrogen and oxygen atoms in total. The average Bonchev–Trinajstić information content (AvgIpc) is 2.96. The largest absolute Gasteiger partial charge is 0.366 e. The van der Waals surface area contributed by atoms with E-state index in [1.165, 1.54) is 11.1 Å².